The highest BCUT2D eigenvalue weighted by atomic mass is 79.9. The molecule has 114 valence electrons. The van der Waals surface area contributed by atoms with Gasteiger partial charge in [-0.15, -0.1) is 5.43 Å². The number of nitrogens with zero attached hydrogens (tertiary/aromatic N) is 2. The van der Waals surface area contributed by atoms with E-state index in [9.17, 15) is 4.79 Å². The number of Topliss-reactive ketones (excluding diaryl/α,β-unsaturated/α-hetero) is 1. The van der Waals surface area contributed by atoms with Gasteiger partial charge in [-0.3, -0.25) is 4.79 Å². The lowest BCUT2D eigenvalue weighted by Gasteiger charge is -2.06. The molecule has 0 fully saturated rings. The smallest absolute Gasteiger partial charge is 0.199 e. The number of rotatable bonds is 4. The summed E-state index contributed by atoms with van der Waals surface area (Å²) in [6, 6.07) is 15.3. The lowest BCUT2D eigenvalue weighted by atomic mass is 10.0. The van der Waals surface area contributed by atoms with Gasteiger partial charge in [0.05, 0.1) is 4.47 Å². The average Bonchev–Trinajstić information content (AvgIpc) is 2.58. The standard InChI is InChI=1S/C18H14BrN3O/c1-13(23)14-5-7-15(8-6-14)16-11-17(19)18(20-12-16)21-22-9-3-2-4-10-22/h2-12H,1H3/p+1. The van der Waals surface area contributed by atoms with Crippen LogP contribution in [-0.2, 0) is 0 Å². The molecule has 2 aromatic heterocycles. The van der Waals surface area contributed by atoms with Crippen LogP contribution in [0.5, 0.6) is 0 Å². The van der Waals surface area contributed by atoms with Crippen LogP contribution in [0.25, 0.3) is 11.1 Å². The Balaban J connectivity index is 1.85. The molecule has 3 rings (SSSR count). The van der Waals surface area contributed by atoms with Crippen molar-refractivity contribution < 1.29 is 9.47 Å². The first-order valence-electron chi connectivity index (χ1n) is 7.14. The number of aromatic nitrogens is 2. The maximum Gasteiger partial charge on any atom is 0.199 e. The van der Waals surface area contributed by atoms with Gasteiger partial charge in [0.25, 0.3) is 0 Å². The maximum absolute atomic E-state index is 11.3. The van der Waals surface area contributed by atoms with Crippen molar-refractivity contribution in [3.8, 4) is 11.1 Å². The largest absolute Gasteiger partial charge is 0.295 e. The Bertz CT molecular complexity index is 833. The second-order valence-electron chi connectivity index (χ2n) is 5.08. The second kappa shape index (κ2) is 6.71. The summed E-state index contributed by atoms with van der Waals surface area (Å²) < 4.78 is 2.69. The first-order valence-corrected chi connectivity index (χ1v) is 7.93. The van der Waals surface area contributed by atoms with Crippen LogP contribution in [0, 0.1) is 0 Å². The van der Waals surface area contributed by atoms with Crippen molar-refractivity contribution in [1.82, 2.24) is 4.98 Å². The second-order valence-corrected chi connectivity index (χ2v) is 5.94. The molecule has 2 heterocycles. The molecule has 0 aliphatic heterocycles. The molecule has 0 saturated heterocycles. The molecule has 0 atom stereocenters. The molecule has 4 nitrogen and oxygen atoms in total. The first-order chi connectivity index (χ1) is 11.1. The van der Waals surface area contributed by atoms with Crippen LogP contribution in [-0.4, -0.2) is 10.8 Å². The van der Waals surface area contributed by atoms with Crippen molar-refractivity contribution in [1.29, 1.82) is 0 Å². The number of ketones is 1. The molecule has 0 unspecified atom stereocenters. The maximum atomic E-state index is 11.3. The Hall–Kier alpha value is -2.53. The predicted octanol–water partition coefficient (Wildman–Crippen LogP) is 3.88. The lowest BCUT2D eigenvalue weighted by molar-refractivity contribution is -0.643. The Morgan fingerprint density at radius 1 is 1.09 bits per heavy atom. The minimum Gasteiger partial charge on any atom is -0.295 e. The number of pyridine rings is 2. The van der Waals surface area contributed by atoms with Crippen LogP contribution < -0.4 is 10.1 Å². The van der Waals surface area contributed by atoms with E-state index in [0.29, 0.717) is 5.56 Å². The van der Waals surface area contributed by atoms with E-state index in [1.54, 1.807) is 13.1 Å². The summed E-state index contributed by atoms with van der Waals surface area (Å²) in [6.07, 6.45) is 5.62. The van der Waals surface area contributed by atoms with Gasteiger partial charge in [0.2, 0.25) is 0 Å². The van der Waals surface area contributed by atoms with Gasteiger partial charge >= 0.3 is 0 Å². The summed E-state index contributed by atoms with van der Waals surface area (Å²) in [5.41, 5.74) is 5.89. The fourth-order valence-electron chi connectivity index (χ4n) is 2.17. The van der Waals surface area contributed by atoms with Gasteiger partial charge in [-0.05, 0) is 34.5 Å². The van der Waals surface area contributed by atoms with E-state index in [1.807, 2.05) is 65.6 Å². The molecule has 23 heavy (non-hydrogen) atoms. The molecule has 0 aliphatic rings. The van der Waals surface area contributed by atoms with Gasteiger partial charge in [-0.25, -0.2) is 4.98 Å². The number of hydrogen-bond acceptors (Lipinski definition) is 3. The Kier molecular flexibility index (Phi) is 4.48. The van der Waals surface area contributed by atoms with Crippen LogP contribution in [0.15, 0.2) is 71.6 Å². The van der Waals surface area contributed by atoms with Crippen LogP contribution in [0.3, 0.4) is 0 Å². The quantitative estimate of drug-likeness (QED) is 0.561. The van der Waals surface area contributed by atoms with Crippen molar-refractivity contribution in [2.24, 2.45) is 0 Å². The fourth-order valence-corrected chi connectivity index (χ4v) is 2.61. The Labute approximate surface area is 142 Å². The molecule has 0 saturated carbocycles. The third-order valence-electron chi connectivity index (χ3n) is 3.42. The molecule has 3 aromatic rings. The Morgan fingerprint density at radius 2 is 1.78 bits per heavy atom. The van der Waals surface area contributed by atoms with E-state index in [1.165, 1.54) is 0 Å². The number of anilines is 1. The van der Waals surface area contributed by atoms with Crippen LogP contribution in [0.1, 0.15) is 17.3 Å². The van der Waals surface area contributed by atoms with Crippen LogP contribution >= 0.6 is 15.9 Å². The number of carbonyl (C=O) groups is 1. The SMILES string of the molecule is CC(=O)c1ccc(-c2cnc(N[n+]3ccccc3)c(Br)c2)cc1. The molecule has 0 radical (unpaired) electrons. The van der Waals surface area contributed by atoms with E-state index < -0.39 is 0 Å². The number of carbonyl (C=O) groups excluding carboxylic acids is 1. The fraction of sp³-hybridized carbons (Fsp3) is 0.0556. The topological polar surface area (TPSA) is 45.9 Å². The van der Waals surface area contributed by atoms with Crippen LogP contribution in [0.4, 0.5) is 5.82 Å². The van der Waals surface area contributed by atoms with E-state index in [2.05, 4.69) is 26.3 Å². The summed E-state index contributed by atoms with van der Waals surface area (Å²) in [7, 11) is 0. The lowest BCUT2D eigenvalue weighted by Crippen LogP contribution is -2.41. The van der Waals surface area contributed by atoms with Gasteiger partial charge < -0.3 is 0 Å². The van der Waals surface area contributed by atoms with Crippen molar-refractivity contribution in [3.63, 3.8) is 0 Å². The van der Waals surface area contributed by atoms with Gasteiger partial charge in [-0.1, -0.05) is 35.0 Å². The summed E-state index contributed by atoms with van der Waals surface area (Å²) in [5.74, 6) is 0.792. The normalized spacial score (nSPS) is 10.3. The highest BCUT2D eigenvalue weighted by Gasteiger charge is 2.09. The Morgan fingerprint density at radius 3 is 2.39 bits per heavy atom. The number of nitrogens with one attached hydrogen (secondary N) is 1. The molecule has 1 N–H and O–H groups in total. The first kappa shape index (κ1) is 15.4. The molecular weight excluding hydrogens is 354 g/mol. The molecule has 0 amide bonds. The predicted molar refractivity (Wildman–Crippen MR) is 93.0 cm³/mol. The van der Waals surface area contributed by atoms with Crippen molar-refractivity contribution in [2.75, 3.05) is 5.43 Å². The minimum absolute atomic E-state index is 0.0651. The minimum atomic E-state index is 0.0651. The summed E-state index contributed by atoms with van der Waals surface area (Å²) >= 11 is 3.55. The molecule has 0 bridgehead atoms. The van der Waals surface area contributed by atoms with Gasteiger partial charge in [0.1, 0.15) is 0 Å². The van der Waals surface area contributed by atoms with Crippen molar-refractivity contribution in [3.05, 3.63) is 77.2 Å². The zero-order valence-corrected chi connectivity index (χ0v) is 14.1. The van der Waals surface area contributed by atoms with Crippen molar-refractivity contribution in [2.45, 2.75) is 6.92 Å². The van der Waals surface area contributed by atoms with Crippen molar-refractivity contribution >= 4 is 27.5 Å². The summed E-state index contributed by atoms with van der Waals surface area (Å²) in [4.78, 5) is 15.8. The third kappa shape index (κ3) is 3.63. The monoisotopic (exact) mass is 368 g/mol. The average molecular weight is 369 g/mol. The summed E-state index contributed by atoms with van der Waals surface area (Å²) in [6.45, 7) is 1.56. The zero-order chi connectivity index (χ0) is 16.2. The van der Waals surface area contributed by atoms with E-state index in [-0.39, 0.29) is 5.78 Å². The van der Waals surface area contributed by atoms with Gasteiger partial charge in [0, 0.05) is 29.5 Å². The molecule has 0 spiro atoms. The van der Waals surface area contributed by atoms with E-state index in [0.717, 1.165) is 21.4 Å². The van der Waals surface area contributed by atoms with Crippen LogP contribution in [0.2, 0.25) is 0 Å². The molecule has 5 heteroatoms. The zero-order valence-electron chi connectivity index (χ0n) is 12.5. The highest BCUT2D eigenvalue weighted by Crippen LogP contribution is 2.26. The van der Waals surface area contributed by atoms with E-state index >= 15 is 0 Å². The molecule has 0 aliphatic carbocycles. The molecular formula is C18H15BrN3O+. The number of hydrogen-bond donors (Lipinski definition) is 1. The third-order valence-corrected chi connectivity index (χ3v) is 4.02. The highest BCUT2D eigenvalue weighted by molar-refractivity contribution is 9.10. The molecule has 1 aromatic carbocycles. The van der Waals surface area contributed by atoms with Gasteiger partial charge in [-0.2, -0.15) is 0 Å². The van der Waals surface area contributed by atoms with E-state index in [4.69, 9.17) is 0 Å². The number of benzene rings is 1. The summed E-state index contributed by atoms with van der Waals surface area (Å²) in [5, 5.41) is 0. The van der Waals surface area contributed by atoms with Gasteiger partial charge in [0.15, 0.2) is 24.0 Å². The number of halogens is 1.